The molecule has 1 aromatic heterocycles. The van der Waals surface area contributed by atoms with E-state index in [4.69, 9.17) is 4.74 Å². The number of ether oxygens (including phenoxy) is 1. The first kappa shape index (κ1) is 11.9. The van der Waals surface area contributed by atoms with Crippen molar-refractivity contribution in [2.45, 2.75) is 6.92 Å². The Hall–Kier alpha value is -1.62. The van der Waals surface area contributed by atoms with E-state index in [1.807, 2.05) is 31.2 Å². The molecule has 2 aromatic rings. The van der Waals surface area contributed by atoms with E-state index in [0.717, 1.165) is 27.4 Å². The summed E-state index contributed by atoms with van der Waals surface area (Å²) < 4.78 is 6.15. The van der Waals surface area contributed by atoms with Gasteiger partial charge in [0.1, 0.15) is 17.9 Å². The van der Waals surface area contributed by atoms with Gasteiger partial charge in [-0.15, -0.1) is 0 Å². The molecule has 0 aliphatic rings. The lowest BCUT2D eigenvalue weighted by molar-refractivity contribution is 0.412. The topological polar surface area (TPSA) is 47.0 Å². The van der Waals surface area contributed by atoms with Gasteiger partial charge in [-0.05, 0) is 35.0 Å². The summed E-state index contributed by atoms with van der Waals surface area (Å²) in [6.45, 7) is 1.93. The Bertz CT molecular complexity index is 531. The molecule has 17 heavy (non-hydrogen) atoms. The smallest absolute Gasteiger partial charge is 0.135 e. The van der Waals surface area contributed by atoms with Crippen molar-refractivity contribution in [3.63, 3.8) is 0 Å². The van der Waals surface area contributed by atoms with E-state index in [1.54, 1.807) is 7.11 Å². The normalized spacial score (nSPS) is 10.1. The van der Waals surface area contributed by atoms with Gasteiger partial charge in [-0.3, -0.25) is 0 Å². The van der Waals surface area contributed by atoms with Crippen LogP contribution >= 0.6 is 15.9 Å². The van der Waals surface area contributed by atoms with Gasteiger partial charge < -0.3 is 10.1 Å². The maximum absolute atomic E-state index is 5.23. The van der Waals surface area contributed by atoms with E-state index in [-0.39, 0.29) is 0 Å². The highest BCUT2D eigenvalue weighted by atomic mass is 79.9. The summed E-state index contributed by atoms with van der Waals surface area (Å²) in [7, 11) is 1.64. The fraction of sp³-hybridized carbons (Fsp3) is 0.167. The van der Waals surface area contributed by atoms with Gasteiger partial charge in [0, 0.05) is 23.5 Å². The zero-order chi connectivity index (χ0) is 12.3. The molecule has 0 spiro atoms. The number of rotatable bonds is 3. The van der Waals surface area contributed by atoms with E-state index in [2.05, 4.69) is 31.2 Å². The number of hydrogen-bond donors (Lipinski definition) is 1. The zero-order valence-electron chi connectivity index (χ0n) is 9.57. The van der Waals surface area contributed by atoms with E-state index in [1.165, 1.54) is 6.33 Å². The van der Waals surface area contributed by atoms with E-state index in [0.29, 0.717) is 0 Å². The molecule has 1 heterocycles. The molecule has 0 atom stereocenters. The summed E-state index contributed by atoms with van der Waals surface area (Å²) in [5.41, 5.74) is 1.84. The number of halogens is 1. The minimum atomic E-state index is 0.766. The second kappa shape index (κ2) is 5.14. The number of nitrogens with zero attached hydrogens (tertiary/aromatic N) is 2. The van der Waals surface area contributed by atoms with E-state index >= 15 is 0 Å². The van der Waals surface area contributed by atoms with Gasteiger partial charge in [0.25, 0.3) is 0 Å². The maximum atomic E-state index is 5.23. The van der Waals surface area contributed by atoms with Crippen LogP contribution < -0.4 is 10.1 Å². The molecule has 0 bridgehead atoms. The van der Waals surface area contributed by atoms with Gasteiger partial charge in [0.2, 0.25) is 0 Å². The summed E-state index contributed by atoms with van der Waals surface area (Å²) in [6.07, 6.45) is 1.54. The number of aryl methyl sites for hydroxylation is 1. The highest BCUT2D eigenvalue weighted by Gasteiger charge is 2.02. The average Bonchev–Trinajstić information content (AvgIpc) is 2.32. The number of benzene rings is 1. The molecule has 88 valence electrons. The third kappa shape index (κ3) is 2.94. The lowest BCUT2D eigenvalue weighted by Crippen LogP contribution is -1.96. The van der Waals surface area contributed by atoms with Crippen molar-refractivity contribution in [2.24, 2.45) is 0 Å². The Kier molecular flexibility index (Phi) is 3.58. The number of aromatic nitrogens is 2. The average molecular weight is 294 g/mol. The lowest BCUT2D eigenvalue weighted by atomic mass is 10.3. The van der Waals surface area contributed by atoms with Crippen LogP contribution in [0.4, 0.5) is 11.5 Å². The number of hydrogen-bond acceptors (Lipinski definition) is 4. The van der Waals surface area contributed by atoms with Crippen molar-refractivity contribution >= 4 is 27.4 Å². The standard InChI is InChI=1S/C12H12BrN3O/c1-8-5-12(15-7-14-8)16-9-3-4-10(13)11(6-9)17-2/h3-7H,1-2H3,(H,14,15,16). The second-order valence-corrected chi connectivity index (χ2v) is 4.37. The van der Waals surface area contributed by atoms with E-state index in [9.17, 15) is 0 Å². The summed E-state index contributed by atoms with van der Waals surface area (Å²) in [5.74, 6) is 1.54. The monoisotopic (exact) mass is 293 g/mol. The van der Waals surface area contributed by atoms with E-state index < -0.39 is 0 Å². The van der Waals surface area contributed by atoms with Gasteiger partial charge in [0.15, 0.2) is 0 Å². The summed E-state index contributed by atoms with van der Waals surface area (Å²) in [5, 5.41) is 3.19. The fourth-order valence-electron chi connectivity index (χ4n) is 1.41. The predicted octanol–water partition coefficient (Wildman–Crippen LogP) is 3.30. The summed E-state index contributed by atoms with van der Waals surface area (Å²) in [4.78, 5) is 8.18. The molecule has 0 saturated carbocycles. The third-order valence-electron chi connectivity index (χ3n) is 2.23. The molecule has 0 unspecified atom stereocenters. The van der Waals surface area contributed by atoms with Crippen LogP contribution in [-0.4, -0.2) is 17.1 Å². The van der Waals surface area contributed by atoms with Crippen molar-refractivity contribution < 1.29 is 4.74 Å². The van der Waals surface area contributed by atoms with Crippen molar-refractivity contribution in [2.75, 3.05) is 12.4 Å². The highest BCUT2D eigenvalue weighted by Crippen LogP contribution is 2.28. The van der Waals surface area contributed by atoms with Gasteiger partial charge >= 0.3 is 0 Å². The third-order valence-corrected chi connectivity index (χ3v) is 2.88. The van der Waals surface area contributed by atoms with Gasteiger partial charge in [-0.25, -0.2) is 9.97 Å². The number of methoxy groups -OCH3 is 1. The Morgan fingerprint density at radius 2 is 2.06 bits per heavy atom. The highest BCUT2D eigenvalue weighted by molar-refractivity contribution is 9.10. The van der Waals surface area contributed by atoms with Gasteiger partial charge in [0.05, 0.1) is 11.6 Å². The van der Waals surface area contributed by atoms with Crippen molar-refractivity contribution in [3.8, 4) is 5.75 Å². The molecule has 5 heteroatoms. The first-order valence-electron chi connectivity index (χ1n) is 5.08. The molecule has 2 rings (SSSR count). The molecule has 0 aliphatic heterocycles. The molecular weight excluding hydrogens is 282 g/mol. The van der Waals surface area contributed by atoms with Crippen LogP contribution in [0.3, 0.4) is 0 Å². The van der Waals surface area contributed by atoms with Crippen LogP contribution in [0.15, 0.2) is 35.1 Å². The quantitative estimate of drug-likeness (QED) is 0.943. The van der Waals surface area contributed by atoms with Gasteiger partial charge in [-0.1, -0.05) is 0 Å². The Morgan fingerprint density at radius 1 is 1.24 bits per heavy atom. The molecule has 0 aliphatic carbocycles. The van der Waals surface area contributed by atoms with Gasteiger partial charge in [-0.2, -0.15) is 0 Å². The summed E-state index contributed by atoms with van der Waals surface area (Å²) >= 11 is 3.41. The SMILES string of the molecule is COc1cc(Nc2cc(C)ncn2)ccc1Br. The van der Waals surface area contributed by atoms with Crippen molar-refractivity contribution in [1.82, 2.24) is 9.97 Å². The number of nitrogens with one attached hydrogen (secondary N) is 1. The lowest BCUT2D eigenvalue weighted by Gasteiger charge is -2.08. The molecule has 1 N–H and O–H groups in total. The number of anilines is 2. The maximum Gasteiger partial charge on any atom is 0.135 e. The minimum Gasteiger partial charge on any atom is -0.495 e. The first-order valence-corrected chi connectivity index (χ1v) is 5.87. The molecule has 0 fully saturated rings. The second-order valence-electron chi connectivity index (χ2n) is 3.52. The molecule has 0 radical (unpaired) electrons. The molecule has 0 saturated heterocycles. The Balaban J connectivity index is 2.24. The predicted molar refractivity (Wildman–Crippen MR) is 70.7 cm³/mol. The molecule has 0 amide bonds. The van der Waals surface area contributed by atoms with Crippen LogP contribution in [0.5, 0.6) is 5.75 Å². The largest absolute Gasteiger partial charge is 0.495 e. The Labute approximate surface area is 108 Å². The zero-order valence-corrected chi connectivity index (χ0v) is 11.2. The molecular formula is C12H12BrN3O. The first-order chi connectivity index (χ1) is 8.19. The van der Waals surface area contributed by atoms with Crippen LogP contribution in [-0.2, 0) is 0 Å². The Morgan fingerprint density at radius 3 is 2.76 bits per heavy atom. The van der Waals surface area contributed by atoms with Crippen LogP contribution in [0.25, 0.3) is 0 Å². The van der Waals surface area contributed by atoms with Crippen molar-refractivity contribution in [1.29, 1.82) is 0 Å². The van der Waals surface area contributed by atoms with Crippen molar-refractivity contribution in [3.05, 3.63) is 40.8 Å². The fourth-order valence-corrected chi connectivity index (χ4v) is 1.82. The summed E-state index contributed by atoms with van der Waals surface area (Å²) in [6, 6.07) is 7.66. The molecule has 4 nitrogen and oxygen atoms in total. The van der Waals surface area contributed by atoms with Crippen LogP contribution in [0.1, 0.15) is 5.69 Å². The van der Waals surface area contributed by atoms with Crippen LogP contribution in [0, 0.1) is 6.92 Å². The minimum absolute atomic E-state index is 0.766. The van der Waals surface area contributed by atoms with Crippen LogP contribution in [0.2, 0.25) is 0 Å². The molecule has 1 aromatic carbocycles.